The molecule has 0 aromatic heterocycles. The Morgan fingerprint density at radius 2 is 1.80 bits per heavy atom. The van der Waals surface area contributed by atoms with E-state index in [1.54, 1.807) is 12.0 Å². The van der Waals surface area contributed by atoms with Crippen LogP contribution in [0.2, 0.25) is 0 Å². The van der Waals surface area contributed by atoms with Crippen molar-refractivity contribution in [3.8, 4) is 5.75 Å². The number of hydrogen-bond donors (Lipinski definition) is 1. The number of halogens is 1. The molecule has 184 valence electrons. The number of rotatable bonds is 8. The van der Waals surface area contributed by atoms with E-state index in [1.165, 1.54) is 23.3 Å². The quantitative estimate of drug-likeness (QED) is 0.438. The van der Waals surface area contributed by atoms with Gasteiger partial charge in [-0.2, -0.15) is 0 Å². The standard InChI is InChI=1S/C29H34FN3O2/c1-3-31-29(34)33(26-8-6-9-27(19-26)35-2)21-24-7-4-5-10-28(24)23-15-17-32(18-16-23)20-22-11-13-25(30)14-12-22/h4-14,19,23H,3,15-18,20-21H2,1-2H3,(H,31,34). The second-order valence-corrected chi connectivity index (χ2v) is 9.00. The number of methoxy groups -OCH3 is 1. The first kappa shape index (κ1) is 24.7. The molecule has 0 saturated carbocycles. The summed E-state index contributed by atoms with van der Waals surface area (Å²) in [6, 6.07) is 22.8. The molecule has 1 aliphatic heterocycles. The van der Waals surface area contributed by atoms with Gasteiger partial charge in [0.2, 0.25) is 0 Å². The van der Waals surface area contributed by atoms with Crippen molar-refractivity contribution >= 4 is 11.7 Å². The average Bonchev–Trinajstić information content (AvgIpc) is 2.89. The SMILES string of the molecule is CCNC(=O)N(Cc1ccccc1C1CCN(Cc2ccc(F)cc2)CC1)c1cccc(OC)c1. The molecule has 6 heteroatoms. The molecule has 1 saturated heterocycles. The fourth-order valence-corrected chi connectivity index (χ4v) is 4.80. The average molecular weight is 476 g/mol. The molecule has 1 fully saturated rings. The fourth-order valence-electron chi connectivity index (χ4n) is 4.80. The van der Waals surface area contributed by atoms with E-state index in [4.69, 9.17) is 4.74 Å². The summed E-state index contributed by atoms with van der Waals surface area (Å²) in [5.74, 6) is 0.968. The first-order chi connectivity index (χ1) is 17.1. The van der Waals surface area contributed by atoms with E-state index in [0.717, 1.165) is 49.5 Å². The van der Waals surface area contributed by atoms with E-state index in [2.05, 4.69) is 28.4 Å². The van der Waals surface area contributed by atoms with Crippen LogP contribution in [-0.4, -0.2) is 37.7 Å². The second-order valence-electron chi connectivity index (χ2n) is 9.00. The molecular weight excluding hydrogens is 441 g/mol. The Kier molecular flexibility index (Phi) is 8.37. The van der Waals surface area contributed by atoms with Crippen LogP contribution in [0, 0.1) is 5.82 Å². The molecule has 0 bridgehead atoms. The molecule has 5 nitrogen and oxygen atoms in total. The van der Waals surface area contributed by atoms with Crippen molar-refractivity contribution in [1.29, 1.82) is 0 Å². The predicted octanol–water partition coefficient (Wildman–Crippen LogP) is 5.95. The lowest BCUT2D eigenvalue weighted by molar-refractivity contribution is 0.204. The molecule has 0 unspecified atom stereocenters. The minimum Gasteiger partial charge on any atom is -0.497 e. The highest BCUT2D eigenvalue weighted by atomic mass is 19.1. The Bertz CT molecular complexity index is 1110. The second kappa shape index (κ2) is 11.8. The number of hydrogen-bond acceptors (Lipinski definition) is 3. The summed E-state index contributed by atoms with van der Waals surface area (Å²) < 4.78 is 18.6. The lowest BCUT2D eigenvalue weighted by Gasteiger charge is -2.33. The van der Waals surface area contributed by atoms with E-state index in [9.17, 15) is 9.18 Å². The zero-order chi connectivity index (χ0) is 24.6. The van der Waals surface area contributed by atoms with Crippen LogP contribution in [0.4, 0.5) is 14.9 Å². The van der Waals surface area contributed by atoms with Gasteiger partial charge in [-0.1, -0.05) is 42.5 Å². The van der Waals surface area contributed by atoms with Gasteiger partial charge in [0.15, 0.2) is 0 Å². The predicted molar refractivity (Wildman–Crippen MR) is 138 cm³/mol. The monoisotopic (exact) mass is 475 g/mol. The van der Waals surface area contributed by atoms with Crippen molar-refractivity contribution in [3.05, 3.63) is 95.3 Å². The van der Waals surface area contributed by atoms with E-state index in [0.29, 0.717) is 19.0 Å². The maximum absolute atomic E-state index is 13.2. The van der Waals surface area contributed by atoms with Crippen molar-refractivity contribution in [1.82, 2.24) is 10.2 Å². The lowest BCUT2D eigenvalue weighted by atomic mass is 9.86. The molecular formula is C29H34FN3O2. The molecule has 0 atom stereocenters. The Labute approximate surface area is 207 Å². The zero-order valence-corrected chi connectivity index (χ0v) is 20.5. The van der Waals surface area contributed by atoms with Gasteiger partial charge in [0, 0.05) is 24.8 Å². The molecule has 4 rings (SSSR count). The number of anilines is 1. The molecule has 2 amide bonds. The Hall–Kier alpha value is -3.38. The van der Waals surface area contributed by atoms with Crippen LogP contribution in [-0.2, 0) is 13.1 Å². The molecule has 0 aliphatic carbocycles. The third-order valence-electron chi connectivity index (χ3n) is 6.67. The molecule has 0 radical (unpaired) electrons. The Morgan fingerprint density at radius 3 is 2.51 bits per heavy atom. The van der Waals surface area contributed by atoms with Crippen LogP contribution in [0.25, 0.3) is 0 Å². The number of amides is 2. The number of nitrogens with one attached hydrogen (secondary N) is 1. The van der Waals surface area contributed by atoms with Crippen molar-refractivity contribution in [2.75, 3.05) is 31.6 Å². The van der Waals surface area contributed by atoms with Crippen LogP contribution in [0.15, 0.2) is 72.8 Å². The number of likely N-dealkylation sites (tertiary alicyclic amines) is 1. The number of benzene rings is 3. The summed E-state index contributed by atoms with van der Waals surface area (Å²) in [5.41, 5.74) is 4.42. The fraction of sp³-hybridized carbons (Fsp3) is 0.345. The van der Waals surface area contributed by atoms with E-state index >= 15 is 0 Å². The normalized spacial score (nSPS) is 14.5. The topological polar surface area (TPSA) is 44.8 Å². The summed E-state index contributed by atoms with van der Waals surface area (Å²) in [5, 5.41) is 2.95. The summed E-state index contributed by atoms with van der Waals surface area (Å²) in [7, 11) is 1.63. The van der Waals surface area contributed by atoms with Crippen molar-refractivity contribution < 1.29 is 13.9 Å². The zero-order valence-electron chi connectivity index (χ0n) is 20.5. The van der Waals surface area contributed by atoms with Gasteiger partial charge in [-0.25, -0.2) is 9.18 Å². The van der Waals surface area contributed by atoms with E-state index < -0.39 is 0 Å². The number of nitrogens with zero attached hydrogens (tertiary/aromatic N) is 2. The summed E-state index contributed by atoms with van der Waals surface area (Å²) in [4.78, 5) is 17.2. The number of ether oxygens (including phenoxy) is 1. The first-order valence-corrected chi connectivity index (χ1v) is 12.3. The molecule has 0 spiro atoms. The molecule has 1 N–H and O–H groups in total. The van der Waals surface area contributed by atoms with Gasteiger partial charge in [-0.05, 0) is 79.7 Å². The van der Waals surface area contributed by atoms with Crippen LogP contribution < -0.4 is 15.0 Å². The van der Waals surface area contributed by atoms with Crippen LogP contribution in [0.5, 0.6) is 5.75 Å². The summed E-state index contributed by atoms with van der Waals surface area (Å²) >= 11 is 0. The Balaban J connectivity index is 1.48. The van der Waals surface area contributed by atoms with E-state index in [-0.39, 0.29) is 11.8 Å². The van der Waals surface area contributed by atoms with E-state index in [1.807, 2.05) is 49.4 Å². The molecule has 1 heterocycles. The highest BCUT2D eigenvalue weighted by Crippen LogP contribution is 2.32. The number of piperidine rings is 1. The van der Waals surface area contributed by atoms with Gasteiger partial charge in [0.25, 0.3) is 0 Å². The minimum atomic E-state index is -0.195. The van der Waals surface area contributed by atoms with Gasteiger partial charge in [0.05, 0.1) is 13.7 Å². The third kappa shape index (κ3) is 6.40. The minimum absolute atomic E-state index is 0.121. The number of carbonyl (C=O) groups is 1. The summed E-state index contributed by atoms with van der Waals surface area (Å²) in [6.45, 7) is 5.81. The number of carbonyl (C=O) groups excluding carboxylic acids is 1. The van der Waals surface area contributed by atoms with Gasteiger partial charge in [-0.15, -0.1) is 0 Å². The van der Waals surface area contributed by atoms with Gasteiger partial charge < -0.3 is 10.1 Å². The molecule has 3 aromatic rings. The van der Waals surface area contributed by atoms with Crippen LogP contribution in [0.3, 0.4) is 0 Å². The molecule has 1 aliphatic rings. The van der Waals surface area contributed by atoms with Gasteiger partial charge in [-0.3, -0.25) is 9.80 Å². The largest absolute Gasteiger partial charge is 0.497 e. The highest BCUT2D eigenvalue weighted by molar-refractivity contribution is 5.92. The van der Waals surface area contributed by atoms with Crippen LogP contribution in [0.1, 0.15) is 42.4 Å². The smallest absolute Gasteiger partial charge is 0.322 e. The third-order valence-corrected chi connectivity index (χ3v) is 6.67. The lowest BCUT2D eigenvalue weighted by Crippen LogP contribution is -2.40. The van der Waals surface area contributed by atoms with Gasteiger partial charge in [0.1, 0.15) is 11.6 Å². The van der Waals surface area contributed by atoms with Crippen molar-refractivity contribution in [2.45, 2.75) is 38.8 Å². The van der Waals surface area contributed by atoms with Crippen molar-refractivity contribution in [3.63, 3.8) is 0 Å². The van der Waals surface area contributed by atoms with Gasteiger partial charge >= 0.3 is 6.03 Å². The highest BCUT2D eigenvalue weighted by Gasteiger charge is 2.24. The Morgan fingerprint density at radius 1 is 1.06 bits per heavy atom. The van der Waals surface area contributed by atoms with Crippen LogP contribution >= 0.6 is 0 Å². The maximum atomic E-state index is 13.2. The molecule has 35 heavy (non-hydrogen) atoms. The number of urea groups is 1. The molecule has 3 aromatic carbocycles. The first-order valence-electron chi connectivity index (χ1n) is 12.3. The summed E-state index contributed by atoms with van der Waals surface area (Å²) in [6.07, 6.45) is 2.11. The maximum Gasteiger partial charge on any atom is 0.322 e. The van der Waals surface area contributed by atoms with Crippen molar-refractivity contribution in [2.24, 2.45) is 0 Å².